The van der Waals surface area contributed by atoms with Crippen LogP contribution in [0.25, 0.3) is 0 Å². The Kier molecular flexibility index (Phi) is 5.13. The fraction of sp³-hybridized carbons (Fsp3) is 0.571. The van der Waals surface area contributed by atoms with Crippen LogP contribution in [0.5, 0.6) is 0 Å². The number of thioether (sulfide) groups is 1. The van der Waals surface area contributed by atoms with Crippen LogP contribution in [-0.2, 0) is 4.74 Å². The minimum atomic E-state index is 0.359. The van der Waals surface area contributed by atoms with E-state index in [1.807, 2.05) is 18.8 Å². The third-order valence-corrected chi connectivity index (χ3v) is 5.92. The molecule has 2 rings (SSSR count). The second-order valence-electron chi connectivity index (χ2n) is 4.72. The maximum absolute atomic E-state index is 5.61. The minimum Gasteiger partial charge on any atom is -0.377 e. The van der Waals surface area contributed by atoms with Crippen molar-refractivity contribution in [2.75, 3.05) is 13.7 Å². The molecule has 1 heterocycles. The average molecular weight is 330 g/mol. The van der Waals surface area contributed by atoms with E-state index < -0.39 is 0 Å². The Hall–Kier alpha value is -0.0300. The number of halogens is 1. The van der Waals surface area contributed by atoms with E-state index in [4.69, 9.17) is 4.74 Å². The van der Waals surface area contributed by atoms with Gasteiger partial charge in [-0.25, -0.2) is 0 Å². The predicted octanol–water partition coefficient (Wildman–Crippen LogP) is 4.00. The topological polar surface area (TPSA) is 21.3 Å². The summed E-state index contributed by atoms with van der Waals surface area (Å²) in [4.78, 5) is 1.31. The van der Waals surface area contributed by atoms with Gasteiger partial charge in [-0.2, -0.15) is 0 Å². The molecule has 0 amide bonds. The number of hydrogen-bond donors (Lipinski definition) is 1. The van der Waals surface area contributed by atoms with Gasteiger partial charge in [-0.1, -0.05) is 6.07 Å². The van der Waals surface area contributed by atoms with Crippen LogP contribution in [0.4, 0.5) is 0 Å². The highest BCUT2D eigenvalue weighted by Gasteiger charge is 2.25. The van der Waals surface area contributed by atoms with Gasteiger partial charge >= 0.3 is 0 Å². The first kappa shape index (κ1) is 14.4. The van der Waals surface area contributed by atoms with Gasteiger partial charge in [0, 0.05) is 27.3 Å². The molecule has 100 valence electrons. The molecule has 1 aromatic carbocycles. The minimum absolute atomic E-state index is 0.359. The van der Waals surface area contributed by atoms with E-state index in [0.717, 1.165) is 13.0 Å². The van der Waals surface area contributed by atoms with Gasteiger partial charge < -0.3 is 10.1 Å². The number of hydrogen-bond acceptors (Lipinski definition) is 3. The molecule has 4 heteroatoms. The summed E-state index contributed by atoms with van der Waals surface area (Å²) >= 11 is 5.60. The summed E-state index contributed by atoms with van der Waals surface area (Å²) in [6, 6.07) is 7.01. The van der Waals surface area contributed by atoms with Crippen molar-refractivity contribution in [3.05, 3.63) is 28.2 Å². The number of nitrogens with one attached hydrogen (secondary N) is 1. The lowest BCUT2D eigenvalue weighted by Gasteiger charge is -2.16. The normalized spacial score (nSPS) is 25.3. The molecule has 1 saturated heterocycles. The number of rotatable bonds is 4. The first-order chi connectivity index (χ1) is 8.61. The first-order valence-electron chi connectivity index (χ1n) is 6.36. The van der Waals surface area contributed by atoms with Gasteiger partial charge in [0.25, 0.3) is 0 Å². The van der Waals surface area contributed by atoms with Crippen molar-refractivity contribution in [1.29, 1.82) is 0 Å². The van der Waals surface area contributed by atoms with Gasteiger partial charge in [-0.3, -0.25) is 0 Å². The highest BCUT2D eigenvalue weighted by Crippen LogP contribution is 2.37. The molecule has 1 aromatic rings. The van der Waals surface area contributed by atoms with Gasteiger partial charge in [0.15, 0.2) is 0 Å². The molecule has 3 unspecified atom stereocenters. The molecule has 3 atom stereocenters. The summed E-state index contributed by atoms with van der Waals surface area (Å²) in [5.74, 6) is 0. The summed E-state index contributed by atoms with van der Waals surface area (Å²) in [7, 11) is 1.98. The highest BCUT2D eigenvalue weighted by atomic mass is 79.9. The molecule has 0 bridgehead atoms. The number of benzene rings is 1. The molecular weight excluding hydrogens is 310 g/mol. The van der Waals surface area contributed by atoms with Crippen molar-refractivity contribution >= 4 is 27.7 Å². The van der Waals surface area contributed by atoms with Crippen molar-refractivity contribution in [2.45, 2.75) is 42.6 Å². The summed E-state index contributed by atoms with van der Waals surface area (Å²) < 4.78 is 6.80. The molecule has 0 aromatic heterocycles. The van der Waals surface area contributed by atoms with Crippen molar-refractivity contribution < 1.29 is 4.74 Å². The van der Waals surface area contributed by atoms with Gasteiger partial charge in [0.05, 0.1) is 6.10 Å². The van der Waals surface area contributed by atoms with Gasteiger partial charge in [-0.15, -0.1) is 11.8 Å². The second kappa shape index (κ2) is 6.42. The predicted molar refractivity (Wildman–Crippen MR) is 81.3 cm³/mol. The Morgan fingerprint density at radius 2 is 2.28 bits per heavy atom. The fourth-order valence-electron chi connectivity index (χ4n) is 2.08. The molecule has 1 N–H and O–H groups in total. The molecule has 1 aliphatic rings. The average Bonchev–Trinajstić information content (AvgIpc) is 2.76. The van der Waals surface area contributed by atoms with Crippen LogP contribution < -0.4 is 5.32 Å². The smallest absolute Gasteiger partial charge is 0.0669 e. The third-order valence-electron chi connectivity index (χ3n) is 3.47. The van der Waals surface area contributed by atoms with Crippen LogP contribution in [0.3, 0.4) is 0 Å². The molecule has 1 aliphatic heterocycles. The lowest BCUT2D eigenvalue weighted by molar-refractivity contribution is 0.127. The first-order valence-corrected chi connectivity index (χ1v) is 8.04. The van der Waals surface area contributed by atoms with Gasteiger partial charge in [-0.05, 0) is 60.9 Å². The molecule has 0 aliphatic carbocycles. The summed E-state index contributed by atoms with van der Waals surface area (Å²) in [6.45, 7) is 5.23. The van der Waals surface area contributed by atoms with E-state index in [1.165, 1.54) is 14.9 Å². The summed E-state index contributed by atoms with van der Waals surface area (Å²) in [6.07, 6.45) is 1.50. The molecule has 18 heavy (non-hydrogen) atoms. The van der Waals surface area contributed by atoms with E-state index in [0.29, 0.717) is 17.4 Å². The van der Waals surface area contributed by atoms with E-state index in [9.17, 15) is 0 Å². The maximum Gasteiger partial charge on any atom is 0.0669 e. The second-order valence-corrected chi connectivity index (χ2v) is 6.86. The molecule has 2 nitrogen and oxygen atoms in total. The zero-order valence-electron chi connectivity index (χ0n) is 11.1. The molecule has 1 fully saturated rings. The SMILES string of the molecule is CNC(C)c1ccc(SC2CCOC2C)c(Br)c1. The molecule has 0 saturated carbocycles. The van der Waals surface area contributed by atoms with E-state index in [-0.39, 0.29) is 0 Å². The van der Waals surface area contributed by atoms with Crippen LogP contribution in [-0.4, -0.2) is 25.0 Å². The van der Waals surface area contributed by atoms with Crippen LogP contribution in [0.15, 0.2) is 27.6 Å². The third kappa shape index (κ3) is 3.29. The van der Waals surface area contributed by atoms with Crippen molar-refractivity contribution in [3.8, 4) is 0 Å². The molecular formula is C14H20BrNOS. The van der Waals surface area contributed by atoms with E-state index in [2.05, 4.69) is 53.3 Å². The Morgan fingerprint density at radius 3 is 2.83 bits per heavy atom. The van der Waals surface area contributed by atoms with Crippen molar-refractivity contribution in [3.63, 3.8) is 0 Å². The van der Waals surface area contributed by atoms with Crippen molar-refractivity contribution in [1.82, 2.24) is 5.32 Å². The van der Waals surface area contributed by atoms with E-state index in [1.54, 1.807) is 0 Å². The quantitative estimate of drug-likeness (QED) is 0.902. The Bertz CT molecular complexity index is 413. The zero-order valence-corrected chi connectivity index (χ0v) is 13.5. The van der Waals surface area contributed by atoms with Crippen LogP contribution in [0.2, 0.25) is 0 Å². The van der Waals surface area contributed by atoms with Gasteiger partial charge in [0.1, 0.15) is 0 Å². The van der Waals surface area contributed by atoms with Gasteiger partial charge in [0.2, 0.25) is 0 Å². The van der Waals surface area contributed by atoms with Crippen LogP contribution in [0, 0.1) is 0 Å². The standard InChI is InChI=1S/C14H20BrNOS/c1-9(16-3)11-4-5-14(12(15)8-11)18-13-6-7-17-10(13)2/h4-5,8-10,13,16H,6-7H2,1-3H3. The Morgan fingerprint density at radius 1 is 1.50 bits per heavy atom. The summed E-state index contributed by atoms with van der Waals surface area (Å²) in [5, 5.41) is 3.84. The van der Waals surface area contributed by atoms with Crippen molar-refractivity contribution in [2.24, 2.45) is 0 Å². The molecule has 0 spiro atoms. The summed E-state index contributed by atoms with van der Waals surface area (Å²) in [5.41, 5.74) is 1.31. The lowest BCUT2D eigenvalue weighted by Crippen LogP contribution is -2.14. The monoisotopic (exact) mass is 329 g/mol. The van der Waals surface area contributed by atoms with E-state index >= 15 is 0 Å². The lowest BCUT2D eigenvalue weighted by atomic mass is 10.1. The maximum atomic E-state index is 5.61. The zero-order chi connectivity index (χ0) is 13.1. The van der Waals surface area contributed by atoms with Crippen LogP contribution >= 0.6 is 27.7 Å². The fourth-order valence-corrected chi connectivity index (χ4v) is 3.88. The molecule has 0 radical (unpaired) electrons. The highest BCUT2D eigenvalue weighted by molar-refractivity contribution is 9.10. The Balaban J connectivity index is 2.10. The number of ether oxygens (including phenoxy) is 1. The van der Waals surface area contributed by atoms with Crippen LogP contribution in [0.1, 0.15) is 31.9 Å². The Labute approximate surface area is 122 Å². The largest absolute Gasteiger partial charge is 0.377 e.